The fourth-order valence-electron chi connectivity index (χ4n) is 3.13. The number of nitro groups is 1. The van der Waals surface area contributed by atoms with E-state index in [0.29, 0.717) is 43.3 Å². The summed E-state index contributed by atoms with van der Waals surface area (Å²) in [6, 6.07) is 6.62. The molecule has 11 heteroatoms. The number of benzene rings is 1. The average molecular weight is 404 g/mol. The van der Waals surface area contributed by atoms with Crippen molar-refractivity contribution in [1.29, 1.82) is 0 Å². The summed E-state index contributed by atoms with van der Waals surface area (Å²) in [5.74, 6) is 0.810. The molecule has 0 bridgehead atoms. The summed E-state index contributed by atoms with van der Waals surface area (Å²) in [5.41, 5.74) is 0.541. The van der Waals surface area contributed by atoms with E-state index in [0.717, 1.165) is 0 Å². The highest BCUT2D eigenvalue weighted by Crippen LogP contribution is 2.32. The topological polar surface area (TPSA) is 133 Å². The second-order valence-corrected chi connectivity index (χ2v) is 8.32. The van der Waals surface area contributed by atoms with Crippen molar-refractivity contribution < 1.29 is 22.2 Å². The van der Waals surface area contributed by atoms with E-state index < -0.39 is 14.9 Å². The van der Waals surface area contributed by atoms with Crippen LogP contribution in [-0.4, -0.2) is 40.9 Å². The first-order valence-corrected chi connectivity index (χ1v) is 10.00. The van der Waals surface area contributed by atoms with E-state index >= 15 is 0 Å². The van der Waals surface area contributed by atoms with Gasteiger partial charge < -0.3 is 8.83 Å². The maximum Gasteiger partial charge on any atom is 0.269 e. The quantitative estimate of drug-likeness (QED) is 0.468. The summed E-state index contributed by atoms with van der Waals surface area (Å²) in [5, 5.41) is 18.8. The highest BCUT2D eigenvalue weighted by molar-refractivity contribution is 7.89. The van der Waals surface area contributed by atoms with Gasteiger partial charge >= 0.3 is 0 Å². The van der Waals surface area contributed by atoms with Crippen molar-refractivity contribution >= 4 is 15.7 Å². The number of rotatable bonds is 5. The first kappa shape index (κ1) is 18.3. The van der Waals surface area contributed by atoms with Gasteiger partial charge in [0.2, 0.25) is 15.9 Å². The van der Waals surface area contributed by atoms with Gasteiger partial charge in [-0.1, -0.05) is 0 Å². The summed E-state index contributed by atoms with van der Waals surface area (Å²) in [7, 11) is -3.71. The number of aromatic nitrogens is 2. The van der Waals surface area contributed by atoms with Gasteiger partial charge in [-0.15, -0.1) is 10.2 Å². The summed E-state index contributed by atoms with van der Waals surface area (Å²) in [6.07, 6.45) is 4.11. The third-order valence-corrected chi connectivity index (χ3v) is 6.61. The zero-order chi connectivity index (χ0) is 19.7. The standard InChI is InChI=1S/C17H16N4O6S/c22-21(23)14-1-3-15(4-2-14)28(24,25)20-8-5-12(6-9-20)16-18-19-17(27-16)13-7-10-26-11-13/h1-4,7,10-12H,5-6,8-9H2. The number of nitrogens with zero attached hydrogens (tertiary/aromatic N) is 4. The fourth-order valence-corrected chi connectivity index (χ4v) is 4.60. The number of non-ortho nitro benzene ring substituents is 1. The molecule has 1 fully saturated rings. The Hall–Kier alpha value is -3.05. The first-order chi connectivity index (χ1) is 13.4. The van der Waals surface area contributed by atoms with Crippen LogP contribution in [0.3, 0.4) is 0 Å². The molecule has 4 rings (SSSR count). The van der Waals surface area contributed by atoms with Crippen LogP contribution in [0.2, 0.25) is 0 Å². The lowest BCUT2D eigenvalue weighted by molar-refractivity contribution is -0.384. The summed E-state index contributed by atoms with van der Waals surface area (Å²) in [4.78, 5) is 10.2. The second kappa shape index (κ2) is 7.17. The predicted molar refractivity (Wildman–Crippen MR) is 95.8 cm³/mol. The van der Waals surface area contributed by atoms with Gasteiger partial charge in [0, 0.05) is 31.1 Å². The smallest absolute Gasteiger partial charge is 0.269 e. The van der Waals surface area contributed by atoms with Crippen LogP contribution in [0.15, 0.2) is 56.6 Å². The van der Waals surface area contributed by atoms with Gasteiger partial charge in [-0.3, -0.25) is 10.1 Å². The van der Waals surface area contributed by atoms with Crippen molar-refractivity contribution in [3.8, 4) is 11.5 Å². The van der Waals surface area contributed by atoms with Crippen molar-refractivity contribution in [3.05, 3.63) is 58.9 Å². The van der Waals surface area contributed by atoms with Gasteiger partial charge in [0.1, 0.15) is 6.26 Å². The van der Waals surface area contributed by atoms with Gasteiger partial charge in [0.25, 0.3) is 11.6 Å². The number of furan rings is 1. The number of hydrogen-bond donors (Lipinski definition) is 0. The highest BCUT2D eigenvalue weighted by Gasteiger charge is 2.32. The minimum Gasteiger partial charge on any atom is -0.472 e. The lowest BCUT2D eigenvalue weighted by Crippen LogP contribution is -2.37. The van der Waals surface area contributed by atoms with Crippen LogP contribution >= 0.6 is 0 Å². The Morgan fingerprint density at radius 1 is 1.11 bits per heavy atom. The number of sulfonamides is 1. The molecule has 0 spiro atoms. The summed E-state index contributed by atoms with van der Waals surface area (Å²) in [6.45, 7) is 0.598. The van der Waals surface area contributed by atoms with E-state index in [9.17, 15) is 18.5 Å². The average Bonchev–Trinajstić information content (AvgIpc) is 3.40. The monoisotopic (exact) mass is 404 g/mol. The van der Waals surface area contributed by atoms with Crippen LogP contribution in [0.5, 0.6) is 0 Å². The predicted octanol–water partition coefficient (Wildman–Crippen LogP) is 2.81. The molecule has 28 heavy (non-hydrogen) atoms. The Labute approximate surface area is 160 Å². The van der Waals surface area contributed by atoms with Crippen LogP contribution in [0.4, 0.5) is 5.69 Å². The Kier molecular flexibility index (Phi) is 4.69. The summed E-state index contributed by atoms with van der Waals surface area (Å²) >= 11 is 0. The second-order valence-electron chi connectivity index (χ2n) is 6.39. The van der Waals surface area contributed by atoms with Crippen LogP contribution in [-0.2, 0) is 10.0 Å². The van der Waals surface area contributed by atoms with E-state index in [4.69, 9.17) is 8.83 Å². The van der Waals surface area contributed by atoms with Crippen LogP contribution in [0.25, 0.3) is 11.5 Å². The molecule has 3 aromatic rings. The molecule has 3 heterocycles. The fraction of sp³-hybridized carbons (Fsp3) is 0.294. The number of nitro benzene ring substituents is 1. The third kappa shape index (κ3) is 3.41. The molecule has 1 aliphatic heterocycles. The number of hydrogen-bond acceptors (Lipinski definition) is 8. The first-order valence-electron chi connectivity index (χ1n) is 8.56. The maximum absolute atomic E-state index is 12.8. The Bertz CT molecular complexity index is 1070. The molecule has 1 aromatic carbocycles. The van der Waals surface area contributed by atoms with Gasteiger partial charge in [0.15, 0.2) is 0 Å². The molecule has 0 aliphatic carbocycles. The Morgan fingerprint density at radius 3 is 2.43 bits per heavy atom. The molecular formula is C17H16N4O6S. The molecule has 0 amide bonds. The number of piperidine rings is 1. The molecule has 1 aliphatic rings. The molecule has 146 valence electrons. The molecule has 0 unspecified atom stereocenters. The zero-order valence-corrected chi connectivity index (χ0v) is 15.4. The molecular weight excluding hydrogens is 388 g/mol. The van der Waals surface area contributed by atoms with Crippen LogP contribution in [0, 0.1) is 10.1 Å². The SMILES string of the molecule is O=[N+]([O-])c1ccc(S(=O)(=O)N2CCC(c3nnc(-c4ccoc4)o3)CC2)cc1. The molecule has 0 atom stereocenters. The lowest BCUT2D eigenvalue weighted by atomic mass is 9.98. The third-order valence-electron chi connectivity index (χ3n) is 4.70. The summed E-state index contributed by atoms with van der Waals surface area (Å²) < 4.78 is 37.6. The normalized spacial score (nSPS) is 16.3. The van der Waals surface area contributed by atoms with Crippen molar-refractivity contribution in [2.75, 3.05) is 13.1 Å². The molecule has 10 nitrogen and oxygen atoms in total. The van der Waals surface area contributed by atoms with Gasteiger partial charge in [0.05, 0.1) is 21.6 Å². The zero-order valence-electron chi connectivity index (χ0n) is 14.6. The molecule has 2 aromatic heterocycles. The van der Waals surface area contributed by atoms with E-state index in [1.165, 1.54) is 41.1 Å². The van der Waals surface area contributed by atoms with E-state index in [1.54, 1.807) is 6.07 Å². The Morgan fingerprint density at radius 2 is 1.82 bits per heavy atom. The molecule has 0 N–H and O–H groups in total. The van der Waals surface area contributed by atoms with Gasteiger partial charge in [-0.2, -0.15) is 4.31 Å². The molecule has 0 radical (unpaired) electrons. The van der Waals surface area contributed by atoms with E-state index in [-0.39, 0.29) is 16.5 Å². The van der Waals surface area contributed by atoms with Crippen molar-refractivity contribution in [3.63, 3.8) is 0 Å². The van der Waals surface area contributed by atoms with Crippen LogP contribution in [0.1, 0.15) is 24.7 Å². The van der Waals surface area contributed by atoms with Crippen molar-refractivity contribution in [2.24, 2.45) is 0 Å². The minimum absolute atomic E-state index is 0.0311. The molecule has 1 saturated heterocycles. The van der Waals surface area contributed by atoms with Crippen molar-refractivity contribution in [1.82, 2.24) is 14.5 Å². The Balaban J connectivity index is 1.44. The minimum atomic E-state index is -3.71. The van der Waals surface area contributed by atoms with Crippen LogP contribution < -0.4 is 0 Å². The largest absolute Gasteiger partial charge is 0.472 e. The van der Waals surface area contributed by atoms with Gasteiger partial charge in [-0.05, 0) is 31.0 Å². The van der Waals surface area contributed by atoms with E-state index in [1.807, 2.05) is 0 Å². The van der Waals surface area contributed by atoms with Gasteiger partial charge in [-0.25, -0.2) is 8.42 Å². The maximum atomic E-state index is 12.8. The highest BCUT2D eigenvalue weighted by atomic mass is 32.2. The molecule has 0 saturated carbocycles. The lowest BCUT2D eigenvalue weighted by Gasteiger charge is -2.29. The van der Waals surface area contributed by atoms with E-state index in [2.05, 4.69) is 10.2 Å². The van der Waals surface area contributed by atoms with Crippen molar-refractivity contribution in [2.45, 2.75) is 23.7 Å².